The van der Waals surface area contributed by atoms with Crippen LogP contribution in [0.25, 0.3) is 0 Å². The van der Waals surface area contributed by atoms with Crippen molar-refractivity contribution in [2.75, 3.05) is 19.5 Å². The number of hydrogen-bond donors (Lipinski definition) is 1. The summed E-state index contributed by atoms with van der Waals surface area (Å²) >= 11 is 0. The number of ether oxygens (including phenoxy) is 2. The highest BCUT2D eigenvalue weighted by atomic mass is 32.2. The van der Waals surface area contributed by atoms with Gasteiger partial charge in [0.2, 0.25) is 5.91 Å². The SMILES string of the molecule is COC(=O)c1ccc(OC)c(NC(=O)CC2=Nc3ccccc3S(=O)(=O)N2Cc2ccccc2)c1. The second-order valence-electron chi connectivity index (χ2n) is 7.62. The summed E-state index contributed by atoms with van der Waals surface area (Å²) in [6.07, 6.45) is -0.327. The van der Waals surface area contributed by atoms with Gasteiger partial charge in [0.25, 0.3) is 10.0 Å². The van der Waals surface area contributed by atoms with Crippen molar-refractivity contribution in [3.63, 3.8) is 0 Å². The van der Waals surface area contributed by atoms with Crippen LogP contribution in [0.5, 0.6) is 5.75 Å². The van der Waals surface area contributed by atoms with Gasteiger partial charge in [-0.05, 0) is 35.9 Å². The molecule has 0 bridgehead atoms. The average Bonchev–Trinajstić information content (AvgIpc) is 2.86. The third-order valence-electron chi connectivity index (χ3n) is 5.35. The molecule has 4 rings (SSSR count). The molecule has 180 valence electrons. The van der Waals surface area contributed by atoms with E-state index in [9.17, 15) is 18.0 Å². The third kappa shape index (κ3) is 5.02. The lowest BCUT2D eigenvalue weighted by Gasteiger charge is -2.29. The molecule has 10 heteroatoms. The van der Waals surface area contributed by atoms with Gasteiger partial charge in [-0.1, -0.05) is 42.5 Å². The summed E-state index contributed by atoms with van der Waals surface area (Å²) < 4.78 is 38.1. The number of amidine groups is 1. The van der Waals surface area contributed by atoms with Gasteiger partial charge in [0.05, 0.1) is 44.1 Å². The summed E-state index contributed by atoms with van der Waals surface area (Å²) in [7, 11) is -1.26. The lowest BCUT2D eigenvalue weighted by atomic mass is 10.1. The van der Waals surface area contributed by atoms with Crippen molar-refractivity contribution in [1.29, 1.82) is 0 Å². The van der Waals surface area contributed by atoms with Gasteiger partial charge in [-0.25, -0.2) is 22.5 Å². The van der Waals surface area contributed by atoms with E-state index < -0.39 is 21.9 Å². The maximum atomic E-state index is 13.5. The maximum absolute atomic E-state index is 13.5. The van der Waals surface area contributed by atoms with Crippen LogP contribution in [0.1, 0.15) is 22.3 Å². The number of carbonyl (C=O) groups excluding carboxylic acids is 2. The van der Waals surface area contributed by atoms with E-state index in [-0.39, 0.29) is 40.6 Å². The minimum absolute atomic E-state index is 0.0186. The highest BCUT2D eigenvalue weighted by Crippen LogP contribution is 2.34. The van der Waals surface area contributed by atoms with E-state index in [1.165, 1.54) is 38.5 Å². The molecule has 3 aromatic rings. The monoisotopic (exact) mass is 493 g/mol. The van der Waals surface area contributed by atoms with Gasteiger partial charge in [-0.15, -0.1) is 0 Å². The molecule has 0 atom stereocenters. The van der Waals surface area contributed by atoms with E-state index in [1.54, 1.807) is 30.3 Å². The molecule has 0 spiro atoms. The molecule has 1 heterocycles. The quantitative estimate of drug-likeness (QED) is 0.502. The number of benzene rings is 3. The summed E-state index contributed by atoms with van der Waals surface area (Å²) in [5.41, 5.74) is 1.48. The summed E-state index contributed by atoms with van der Waals surface area (Å²) in [6.45, 7) is 0.0186. The largest absolute Gasteiger partial charge is 0.495 e. The molecule has 1 aliphatic rings. The Kier molecular flexibility index (Phi) is 6.83. The van der Waals surface area contributed by atoms with Gasteiger partial charge >= 0.3 is 5.97 Å². The highest BCUT2D eigenvalue weighted by molar-refractivity contribution is 7.90. The number of sulfonamides is 1. The summed E-state index contributed by atoms with van der Waals surface area (Å²) in [5, 5.41) is 2.69. The van der Waals surface area contributed by atoms with E-state index in [2.05, 4.69) is 10.3 Å². The van der Waals surface area contributed by atoms with Crippen molar-refractivity contribution in [3.05, 3.63) is 83.9 Å². The first kappa shape index (κ1) is 24.0. The number of aliphatic imine (C=N–C) groups is 1. The first-order valence-electron chi connectivity index (χ1n) is 10.6. The summed E-state index contributed by atoms with van der Waals surface area (Å²) in [4.78, 5) is 29.5. The van der Waals surface area contributed by atoms with Crippen LogP contribution in [0, 0.1) is 0 Å². The van der Waals surface area contributed by atoms with E-state index in [0.29, 0.717) is 5.75 Å². The number of nitrogens with one attached hydrogen (secondary N) is 1. The van der Waals surface area contributed by atoms with Crippen molar-refractivity contribution in [3.8, 4) is 5.75 Å². The molecule has 0 fully saturated rings. The summed E-state index contributed by atoms with van der Waals surface area (Å²) in [5.74, 6) is -0.697. The number of para-hydroxylation sites is 1. The van der Waals surface area contributed by atoms with E-state index in [4.69, 9.17) is 9.47 Å². The minimum Gasteiger partial charge on any atom is -0.495 e. The fraction of sp³-hybridized carbons (Fsp3) is 0.160. The molecule has 0 saturated carbocycles. The van der Waals surface area contributed by atoms with Gasteiger partial charge in [-0.3, -0.25) is 4.79 Å². The van der Waals surface area contributed by atoms with Crippen LogP contribution in [0.4, 0.5) is 11.4 Å². The molecule has 3 aromatic carbocycles. The van der Waals surface area contributed by atoms with Crippen LogP contribution in [0.15, 0.2) is 82.7 Å². The lowest BCUT2D eigenvalue weighted by Crippen LogP contribution is -2.40. The third-order valence-corrected chi connectivity index (χ3v) is 7.17. The van der Waals surface area contributed by atoms with Crippen molar-refractivity contribution >= 4 is 39.1 Å². The normalized spacial score (nSPS) is 13.9. The average molecular weight is 494 g/mol. The molecular formula is C25H23N3O6S. The van der Waals surface area contributed by atoms with Gasteiger partial charge in [0.1, 0.15) is 16.5 Å². The Balaban J connectivity index is 1.66. The van der Waals surface area contributed by atoms with Crippen LogP contribution in [-0.2, 0) is 26.1 Å². The zero-order chi connectivity index (χ0) is 25.0. The highest BCUT2D eigenvalue weighted by Gasteiger charge is 2.35. The predicted octanol–water partition coefficient (Wildman–Crippen LogP) is 3.75. The predicted molar refractivity (Wildman–Crippen MR) is 130 cm³/mol. The zero-order valence-electron chi connectivity index (χ0n) is 19.1. The van der Waals surface area contributed by atoms with Crippen molar-refractivity contribution in [2.45, 2.75) is 17.9 Å². The van der Waals surface area contributed by atoms with E-state index >= 15 is 0 Å². The maximum Gasteiger partial charge on any atom is 0.337 e. The van der Waals surface area contributed by atoms with E-state index in [0.717, 1.165) is 9.87 Å². The van der Waals surface area contributed by atoms with Crippen molar-refractivity contribution < 1.29 is 27.5 Å². The number of rotatable bonds is 7. The van der Waals surface area contributed by atoms with Crippen LogP contribution in [0.2, 0.25) is 0 Å². The molecule has 0 unspecified atom stereocenters. The molecule has 35 heavy (non-hydrogen) atoms. The zero-order valence-corrected chi connectivity index (χ0v) is 19.9. The first-order valence-corrected chi connectivity index (χ1v) is 12.1. The van der Waals surface area contributed by atoms with Gasteiger partial charge in [0.15, 0.2) is 0 Å². The lowest BCUT2D eigenvalue weighted by molar-refractivity contribution is -0.115. The number of esters is 1. The number of nitrogens with zero attached hydrogens (tertiary/aromatic N) is 2. The second kappa shape index (κ2) is 9.98. The standard InChI is InChI=1S/C25H23N3O6S/c1-33-21-13-12-18(25(30)34-2)14-20(21)27-24(29)15-23-26-19-10-6-7-11-22(19)35(31,32)28(23)16-17-8-4-3-5-9-17/h3-14H,15-16H2,1-2H3,(H,27,29). The van der Waals surface area contributed by atoms with E-state index in [1.807, 2.05) is 18.2 Å². The molecule has 1 aliphatic heterocycles. The Bertz CT molecular complexity index is 1400. The number of fused-ring (bicyclic) bond motifs is 1. The number of methoxy groups -OCH3 is 2. The molecular weight excluding hydrogens is 470 g/mol. The molecule has 9 nitrogen and oxygen atoms in total. The topological polar surface area (TPSA) is 114 Å². The Hall–Kier alpha value is -4.18. The fourth-order valence-electron chi connectivity index (χ4n) is 3.66. The minimum atomic E-state index is -3.95. The molecule has 1 N–H and O–H groups in total. The molecule has 0 saturated heterocycles. The molecule has 0 aromatic heterocycles. The number of hydrogen-bond acceptors (Lipinski definition) is 7. The molecule has 1 amide bonds. The molecule has 0 aliphatic carbocycles. The number of amides is 1. The van der Waals surface area contributed by atoms with Gasteiger partial charge in [-0.2, -0.15) is 0 Å². The smallest absolute Gasteiger partial charge is 0.337 e. The van der Waals surface area contributed by atoms with Gasteiger partial charge in [0, 0.05) is 0 Å². The Morgan fingerprint density at radius 3 is 2.40 bits per heavy atom. The first-order chi connectivity index (χ1) is 16.8. The van der Waals surface area contributed by atoms with Crippen LogP contribution in [0.3, 0.4) is 0 Å². The molecule has 0 radical (unpaired) electrons. The number of anilines is 1. The Labute approximate surface area is 203 Å². The summed E-state index contributed by atoms with van der Waals surface area (Å²) in [6, 6.07) is 19.9. The van der Waals surface area contributed by atoms with Crippen LogP contribution < -0.4 is 10.1 Å². The van der Waals surface area contributed by atoms with Crippen LogP contribution >= 0.6 is 0 Å². The fourth-order valence-corrected chi connectivity index (χ4v) is 5.23. The second-order valence-corrected chi connectivity index (χ2v) is 9.46. The van der Waals surface area contributed by atoms with Gasteiger partial charge < -0.3 is 14.8 Å². The van der Waals surface area contributed by atoms with Crippen molar-refractivity contribution in [1.82, 2.24) is 4.31 Å². The Morgan fingerprint density at radius 1 is 0.971 bits per heavy atom. The number of carbonyl (C=O) groups is 2. The van der Waals surface area contributed by atoms with Crippen molar-refractivity contribution in [2.24, 2.45) is 4.99 Å². The Morgan fingerprint density at radius 2 is 1.69 bits per heavy atom. The van der Waals surface area contributed by atoms with Crippen LogP contribution in [-0.4, -0.2) is 44.7 Å².